The van der Waals surface area contributed by atoms with E-state index in [1.165, 1.54) is 55.3 Å². The number of hydrogen-bond acceptors (Lipinski definition) is 2. The standard InChI is InChI=1S/C60H41NO/c1-60(43-21-6-3-7-22-43)53-29-11-8-23-48(53)49-38-37-45(39-54(49)60)61(44-35-33-41(34-36-44)47-27-16-32-57-59(47)52-25-10-13-31-56(52)62-57)55-30-12-9-24-50(55)51-28-15-20-42-19-14-26-46(58(42)51)40-17-4-2-5-18-40/h2-39H,1H3. The maximum atomic E-state index is 6.31. The van der Waals surface area contributed by atoms with Crippen molar-refractivity contribution in [2.45, 2.75) is 12.3 Å². The second-order valence-corrected chi connectivity index (χ2v) is 16.5. The Morgan fingerprint density at radius 1 is 0.371 bits per heavy atom. The highest BCUT2D eigenvalue weighted by Gasteiger charge is 2.41. The second-order valence-electron chi connectivity index (χ2n) is 16.5. The van der Waals surface area contributed by atoms with E-state index >= 15 is 0 Å². The van der Waals surface area contributed by atoms with Crippen LogP contribution in [0.25, 0.3) is 77.2 Å². The summed E-state index contributed by atoms with van der Waals surface area (Å²) >= 11 is 0. The Labute approximate surface area is 361 Å². The number of hydrogen-bond donors (Lipinski definition) is 0. The predicted octanol–water partition coefficient (Wildman–Crippen LogP) is 16.5. The first-order valence-corrected chi connectivity index (χ1v) is 21.4. The molecule has 0 bridgehead atoms. The lowest BCUT2D eigenvalue weighted by Crippen LogP contribution is -2.22. The summed E-state index contributed by atoms with van der Waals surface area (Å²) in [5.74, 6) is 0. The first-order valence-electron chi connectivity index (χ1n) is 21.4. The number of nitrogens with zero attached hydrogens (tertiary/aromatic N) is 1. The van der Waals surface area contributed by atoms with E-state index in [1.54, 1.807) is 0 Å². The minimum atomic E-state index is -0.343. The van der Waals surface area contributed by atoms with Gasteiger partial charge in [-0.3, -0.25) is 0 Å². The van der Waals surface area contributed by atoms with Crippen molar-refractivity contribution >= 4 is 49.8 Å². The Morgan fingerprint density at radius 2 is 0.935 bits per heavy atom. The van der Waals surface area contributed by atoms with Gasteiger partial charge in [0.05, 0.1) is 5.69 Å². The smallest absolute Gasteiger partial charge is 0.136 e. The molecule has 2 heteroatoms. The lowest BCUT2D eigenvalue weighted by molar-refractivity contribution is 0.669. The SMILES string of the molecule is CC1(c2ccccc2)c2ccccc2-c2ccc(N(c3ccc(-c4cccc5oc6ccccc6c45)cc3)c3ccccc3-c3cccc4cccc(-c5ccccc5)c34)cc21. The van der Waals surface area contributed by atoms with Crippen LogP contribution in [0.4, 0.5) is 17.1 Å². The number of rotatable bonds is 7. The fourth-order valence-corrected chi connectivity index (χ4v) is 10.3. The van der Waals surface area contributed by atoms with E-state index in [0.717, 1.165) is 55.7 Å². The average molecular weight is 792 g/mol. The molecule has 12 rings (SSSR count). The first kappa shape index (κ1) is 36.0. The summed E-state index contributed by atoms with van der Waals surface area (Å²) in [5.41, 5.74) is 18.3. The van der Waals surface area contributed by atoms with Crippen molar-refractivity contribution in [2.75, 3.05) is 4.90 Å². The van der Waals surface area contributed by atoms with Crippen LogP contribution in [0, 0.1) is 0 Å². The van der Waals surface area contributed by atoms with E-state index in [4.69, 9.17) is 4.42 Å². The molecule has 1 aliphatic rings. The molecule has 292 valence electrons. The number of para-hydroxylation sites is 2. The van der Waals surface area contributed by atoms with E-state index in [-0.39, 0.29) is 5.41 Å². The normalized spacial score (nSPS) is 14.3. The third kappa shape index (κ3) is 5.57. The maximum Gasteiger partial charge on any atom is 0.136 e. The van der Waals surface area contributed by atoms with E-state index in [2.05, 4.69) is 230 Å². The molecule has 1 heterocycles. The number of anilines is 3. The molecule has 10 aromatic carbocycles. The minimum Gasteiger partial charge on any atom is -0.456 e. The molecule has 1 atom stereocenters. The second kappa shape index (κ2) is 14.4. The highest BCUT2D eigenvalue weighted by Crippen LogP contribution is 2.54. The molecule has 1 unspecified atom stereocenters. The van der Waals surface area contributed by atoms with Gasteiger partial charge in [-0.05, 0) is 116 Å². The molecule has 0 N–H and O–H groups in total. The van der Waals surface area contributed by atoms with Crippen molar-refractivity contribution in [1.82, 2.24) is 0 Å². The maximum absolute atomic E-state index is 6.31. The van der Waals surface area contributed by atoms with Crippen molar-refractivity contribution in [3.05, 3.63) is 247 Å². The molecular formula is C60H41NO. The van der Waals surface area contributed by atoms with Crippen LogP contribution in [-0.4, -0.2) is 0 Å². The van der Waals surface area contributed by atoms with E-state index in [0.29, 0.717) is 0 Å². The van der Waals surface area contributed by atoms with Crippen molar-refractivity contribution in [3.8, 4) is 44.5 Å². The predicted molar refractivity (Wildman–Crippen MR) is 260 cm³/mol. The van der Waals surface area contributed by atoms with Gasteiger partial charge in [-0.15, -0.1) is 0 Å². The van der Waals surface area contributed by atoms with Gasteiger partial charge in [0.15, 0.2) is 0 Å². The van der Waals surface area contributed by atoms with Crippen LogP contribution in [0.15, 0.2) is 235 Å². The van der Waals surface area contributed by atoms with E-state index in [1.807, 2.05) is 12.1 Å². The highest BCUT2D eigenvalue weighted by molar-refractivity contribution is 6.13. The van der Waals surface area contributed by atoms with Crippen LogP contribution in [0.2, 0.25) is 0 Å². The number of furan rings is 1. The summed E-state index contributed by atoms with van der Waals surface area (Å²) in [5, 5.41) is 4.72. The molecule has 0 saturated heterocycles. The van der Waals surface area contributed by atoms with Crippen molar-refractivity contribution < 1.29 is 4.42 Å². The molecule has 1 aliphatic carbocycles. The van der Waals surface area contributed by atoms with Gasteiger partial charge in [-0.25, -0.2) is 0 Å². The monoisotopic (exact) mass is 791 g/mol. The molecule has 62 heavy (non-hydrogen) atoms. The van der Waals surface area contributed by atoms with Gasteiger partial charge in [0, 0.05) is 33.1 Å². The third-order valence-corrected chi connectivity index (χ3v) is 13.2. The Balaban J connectivity index is 1.09. The van der Waals surface area contributed by atoms with Crippen LogP contribution >= 0.6 is 0 Å². The molecule has 0 saturated carbocycles. The highest BCUT2D eigenvalue weighted by atomic mass is 16.3. The zero-order valence-corrected chi connectivity index (χ0v) is 34.3. The van der Waals surface area contributed by atoms with Crippen LogP contribution in [0.1, 0.15) is 23.6 Å². The molecule has 0 fully saturated rings. The lowest BCUT2D eigenvalue weighted by Gasteiger charge is -2.32. The Bertz CT molecular complexity index is 3470. The van der Waals surface area contributed by atoms with E-state index < -0.39 is 0 Å². The Hall–Kier alpha value is -7.94. The van der Waals surface area contributed by atoms with Gasteiger partial charge in [0.1, 0.15) is 11.2 Å². The number of benzene rings is 10. The van der Waals surface area contributed by atoms with Crippen molar-refractivity contribution in [2.24, 2.45) is 0 Å². The Kier molecular flexibility index (Phi) is 8.33. The first-order chi connectivity index (χ1) is 30.6. The molecule has 0 spiro atoms. The summed E-state index contributed by atoms with van der Waals surface area (Å²) in [4.78, 5) is 2.46. The van der Waals surface area contributed by atoms with Crippen LogP contribution < -0.4 is 4.90 Å². The molecule has 11 aromatic rings. The number of fused-ring (bicyclic) bond motifs is 7. The van der Waals surface area contributed by atoms with Crippen LogP contribution in [-0.2, 0) is 5.41 Å². The van der Waals surface area contributed by atoms with Gasteiger partial charge in [0.25, 0.3) is 0 Å². The summed E-state index contributed by atoms with van der Waals surface area (Å²) in [6, 6.07) is 83.9. The zero-order valence-electron chi connectivity index (χ0n) is 34.3. The van der Waals surface area contributed by atoms with Gasteiger partial charge in [-0.2, -0.15) is 0 Å². The van der Waals surface area contributed by atoms with Crippen molar-refractivity contribution in [3.63, 3.8) is 0 Å². The molecule has 0 aliphatic heterocycles. The minimum absolute atomic E-state index is 0.343. The van der Waals surface area contributed by atoms with Gasteiger partial charge in [-0.1, -0.05) is 188 Å². The quantitative estimate of drug-likeness (QED) is 0.160. The molecule has 1 aromatic heterocycles. The van der Waals surface area contributed by atoms with Gasteiger partial charge < -0.3 is 9.32 Å². The third-order valence-electron chi connectivity index (χ3n) is 13.2. The molecule has 0 radical (unpaired) electrons. The Morgan fingerprint density at radius 3 is 1.74 bits per heavy atom. The summed E-state index contributed by atoms with van der Waals surface area (Å²) in [6.07, 6.45) is 0. The molecule has 0 amide bonds. The fraction of sp³-hybridized carbons (Fsp3) is 0.0333. The molecule has 2 nitrogen and oxygen atoms in total. The van der Waals surface area contributed by atoms with Crippen molar-refractivity contribution in [1.29, 1.82) is 0 Å². The van der Waals surface area contributed by atoms with E-state index in [9.17, 15) is 0 Å². The summed E-state index contributed by atoms with van der Waals surface area (Å²) in [7, 11) is 0. The topological polar surface area (TPSA) is 16.4 Å². The lowest BCUT2D eigenvalue weighted by atomic mass is 9.74. The summed E-state index contributed by atoms with van der Waals surface area (Å²) < 4.78 is 6.31. The van der Waals surface area contributed by atoms with Crippen LogP contribution in [0.5, 0.6) is 0 Å². The largest absolute Gasteiger partial charge is 0.456 e. The summed E-state index contributed by atoms with van der Waals surface area (Å²) in [6.45, 7) is 2.39. The zero-order chi connectivity index (χ0) is 41.2. The van der Waals surface area contributed by atoms with Gasteiger partial charge in [0.2, 0.25) is 0 Å². The van der Waals surface area contributed by atoms with Crippen LogP contribution in [0.3, 0.4) is 0 Å². The fourth-order valence-electron chi connectivity index (χ4n) is 10.3. The average Bonchev–Trinajstić information content (AvgIpc) is 3.85. The van der Waals surface area contributed by atoms with Gasteiger partial charge >= 0.3 is 0 Å². The molecular weight excluding hydrogens is 751 g/mol.